The normalized spacial score (nSPS) is 15.1. The van der Waals surface area contributed by atoms with Gasteiger partial charge >= 0.3 is 5.97 Å². The summed E-state index contributed by atoms with van der Waals surface area (Å²) in [6.45, 7) is -0.0556. The molecule has 0 saturated carbocycles. The van der Waals surface area contributed by atoms with E-state index in [1.54, 1.807) is 18.2 Å². The van der Waals surface area contributed by atoms with Gasteiger partial charge in [0.1, 0.15) is 24.9 Å². The number of rotatable bonds is 6. The van der Waals surface area contributed by atoms with Crippen LogP contribution < -0.4 is 15.5 Å². The summed E-state index contributed by atoms with van der Waals surface area (Å²) in [7, 11) is 0. The molecular weight excluding hydrogens is 388 g/mol. The van der Waals surface area contributed by atoms with E-state index in [0.29, 0.717) is 17.3 Å². The predicted molar refractivity (Wildman–Crippen MR) is 97.0 cm³/mol. The van der Waals surface area contributed by atoms with Crippen molar-refractivity contribution < 1.29 is 23.9 Å². The van der Waals surface area contributed by atoms with Gasteiger partial charge in [0.2, 0.25) is 0 Å². The third kappa shape index (κ3) is 5.11. The molecule has 1 fully saturated rings. The first kappa shape index (κ1) is 19.0. The van der Waals surface area contributed by atoms with Gasteiger partial charge in [0.25, 0.3) is 17.1 Å². The summed E-state index contributed by atoms with van der Waals surface area (Å²) in [5, 5.41) is 9.09. The molecule has 0 bridgehead atoms. The number of thioether (sulfide) groups is 1. The molecule has 2 heterocycles. The number of aromatic nitrogens is 3. The van der Waals surface area contributed by atoms with E-state index in [2.05, 4.69) is 20.6 Å². The van der Waals surface area contributed by atoms with Crippen LogP contribution >= 0.6 is 11.8 Å². The van der Waals surface area contributed by atoms with Crippen LogP contribution in [-0.4, -0.2) is 44.0 Å². The number of ether oxygens (including phenoxy) is 1. The second-order valence-corrected chi connectivity index (χ2v) is 6.21. The molecule has 0 radical (unpaired) electrons. The summed E-state index contributed by atoms with van der Waals surface area (Å²) in [4.78, 5) is 50.0. The Hall–Kier alpha value is -3.80. The third-order valence-corrected chi connectivity index (χ3v) is 4.00. The highest BCUT2D eigenvalue weighted by molar-refractivity contribution is 8.18. The number of hydrazone groups is 1. The van der Waals surface area contributed by atoms with Crippen molar-refractivity contribution in [1.29, 1.82) is 0 Å². The van der Waals surface area contributed by atoms with Gasteiger partial charge in [-0.2, -0.15) is 10.2 Å². The van der Waals surface area contributed by atoms with Crippen molar-refractivity contribution in [2.75, 3.05) is 0 Å². The number of esters is 1. The van der Waals surface area contributed by atoms with Crippen LogP contribution in [0.3, 0.4) is 0 Å². The zero-order valence-corrected chi connectivity index (χ0v) is 14.9. The molecule has 0 aliphatic carbocycles. The Labute approximate surface area is 161 Å². The summed E-state index contributed by atoms with van der Waals surface area (Å²) in [5.74, 6) is -1.75. The van der Waals surface area contributed by atoms with Crippen molar-refractivity contribution >= 4 is 41.0 Å². The predicted octanol–water partition coefficient (Wildman–Crippen LogP) is 0.201. The minimum atomic E-state index is -0.830. The number of amides is 3. The van der Waals surface area contributed by atoms with Crippen LogP contribution in [0.15, 0.2) is 53.0 Å². The monoisotopic (exact) mass is 400 g/mol. The van der Waals surface area contributed by atoms with Gasteiger partial charge in [-0.1, -0.05) is 12.1 Å². The molecule has 2 N–H and O–H groups in total. The average Bonchev–Trinajstić information content (AvgIpc) is 3.26. The van der Waals surface area contributed by atoms with E-state index in [-0.39, 0.29) is 17.2 Å². The van der Waals surface area contributed by atoms with E-state index < -0.39 is 23.0 Å². The number of benzene rings is 1. The second kappa shape index (κ2) is 8.73. The van der Waals surface area contributed by atoms with E-state index in [9.17, 15) is 19.2 Å². The van der Waals surface area contributed by atoms with Gasteiger partial charge in [0, 0.05) is 11.6 Å². The SMILES string of the molecule is O=C(Cn1cncn1)N/N=C/c1ccccc1OC(=O)/C=C1\SC(=O)NC1=O. The zero-order chi connectivity index (χ0) is 19.9. The Kier molecular flexibility index (Phi) is 5.91. The standard InChI is InChI=1S/C16H12N6O5S/c23-13(7-22-9-17-8-19-22)21-18-6-10-3-1-2-4-11(10)27-14(24)5-12-15(25)20-16(26)28-12/h1-6,8-9H,7H2,(H,21,23)(H,20,25,26)/b12-5-,18-6+. The lowest BCUT2D eigenvalue weighted by Gasteiger charge is -2.05. The van der Waals surface area contributed by atoms with Crippen molar-refractivity contribution in [3.63, 3.8) is 0 Å². The van der Waals surface area contributed by atoms with Crippen LogP contribution in [0.1, 0.15) is 5.56 Å². The Bertz CT molecular complexity index is 985. The number of imide groups is 1. The van der Waals surface area contributed by atoms with Crippen LogP contribution in [0.5, 0.6) is 5.75 Å². The molecule has 3 rings (SSSR count). The molecule has 0 atom stereocenters. The maximum Gasteiger partial charge on any atom is 0.337 e. The van der Waals surface area contributed by atoms with Gasteiger partial charge in [0.15, 0.2) is 0 Å². The van der Waals surface area contributed by atoms with Crippen LogP contribution in [0.25, 0.3) is 0 Å². The van der Waals surface area contributed by atoms with Crippen molar-refractivity contribution in [3.8, 4) is 5.75 Å². The Balaban J connectivity index is 1.62. The first-order valence-electron chi connectivity index (χ1n) is 7.71. The topological polar surface area (TPSA) is 145 Å². The van der Waals surface area contributed by atoms with E-state index in [1.807, 2.05) is 5.32 Å². The van der Waals surface area contributed by atoms with Gasteiger partial charge in [0.05, 0.1) is 11.1 Å². The molecule has 12 heteroatoms. The van der Waals surface area contributed by atoms with Crippen LogP contribution in [0.2, 0.25) is 0 Å². The maximum absolute atomic E-state index is 12.0. The van der Waals surface area contributed by atoms with Crippen molar-refractivity contribution in [1.82, 2.24) is 25.5 Å². The molecule has 1 aliphatic rings. The minimum absolute atomic E-state index is 0.0541. The van der Waals surface area contributed by atoms with E-state index in [4.69, 9.17) is 4.74 Å². The molecule has 1 aromatic heterocycles. The molecule has 11 nitrogen and oxygen atoms in total. The summed E-state index contributed by atoms with van der Waals surface area (Å²) >= 11 is 0.610. The molecule has 1 saturated heterocycles. The fourth-order valence-corrected chi connectivity index (χ4v) is 2.66. The quantitative estimate of drug-likeness (QED) is 0.230. The van der Waals surface area contributed by atoms with Gasteiger partial charge < -0.3 is 4.74 Å². The smallest absolute Gasteiger partial charge is 0.337 e. The number of para-hydroxylation sites is 1. The number of nitrogens with one attached hydrogen (secondary N) is 2. The summed E-state index contributed by atoms with van der Waals surface area (Å²) in [5.41, 5.74) is 2.73. The van der Waals surface area contributed by atoms with E-state index >= 15 is 0 Å². The molecule has 3 amide bonds. The third-order valence-electron chi connectivity index (χ3n) is 3.19. The molecule has 0 spiro atoms. The van der Waals surface area contributed by atoms with Crippen molar-refractivity contribution in [2.45, 2.75) is 6.54 Å². The van der Waals surface area contributed by atoms with Gasteiger partial charge in [-0.05, 0) is 23.9 Å². The summed E-state index contributed by atoms with van der Waals surface area (Å²) in [6, 6.07) is 6.45. The fourth-order valence-electron chi connectivity index (χ4n) is 2.02. The lowest BCUT2D eigenvalue weighted by molar-refractivity contribution is -0.129. The van der Waals surface area contributed by atoms with Crippen molar-refractivity contribution in [2.24, 2.45) is 5.10 Å². The molecule has 0 unspecified atom stereocenters. The van der Waals surface area contributed by atoms with Crippen LogP contribution in [0.4, 0.5) is 4.79 Å². The first-order valence-corrected chi connectivity index (χ1v) is 8.53. The van der Waals surface area contributed by atoms with Gasteiger partial charge in [-0.15, -0.1) is 0 Å². The molecule has 2 aromatic rings. The highest BCUT2D eigenvalue weighted by atomic mass is 32.2. The number of hydrogen-bond donors (Lipinski definition) is 2. The number of carbonyl (C=O) groups is 4. The summed E-state index contributed by atoms with van der Waals surface area (Å²) in [6.07, 6.45) is 4.93. The number of hydrogen-bond acceptors (Lipinski definition) is 9. The van der Waals surface area contributed by atoms with E-state index in [1.165, 1.54) is 29.6 Å². The average molecular weight is 400 g/mol. The number of carbonyl (C=O) groups excluding carboxylic acids is 4. The fraction of sp³-hybridized carbons (Fsp3) is 0.0625. The molecular formula is C16H12N6O5S. The van der Waals surface area contributed by atoms with Gasteiger partial charge in [-0.3, -0.25) is 19.7 Å². The second-order valence-electron chi connectivity index (χ2n) is 5.20. The molecule has 1 aromatic carbocycles. The van der Waals surface area contributed by atoms with Gasteiger partial charge in [-0.25, -0.2) is 19.9 Å². The van der Waals surface area contributed by atoms with E-state index in [0.717, 1.165) is 6.08 Å². The lowest BCUT2D eigenvalue weighted by Crippen LogP contribution is -2.23. The van der Waals surface area contributed by atoms with Crippen LogP contribution in [-0.2, 0) is 20.9 Å². The minimum Gasteiger partial charge on any atom is -0.423 e. The van der Waals surface area contributed by atoms with Crippen LogP contribution in [0, 0.1) is 0 Å². The Morgan fingerprint density at radius 3 is 2.86 bits per heavy atom. The summed E-state index contributed by atoms with van der Waals surface area (Å²) < 4.78 is 6.52. The zero-order valence-electron chi connectivity index (χ0n) is 14.1. The largest absolute Gasteiger partial charge is 0.423 e. The molecule has 142 valence electrons. The Morgan fingerprint density at radius 2 is 2.14 bits per heavy atom. The lowest BCUT2D eigenvalue weighted by atomic mass is 10.2. The highest BCUT2D eigenvalue weighted by Gasteiger charge is 2.26. The maximum atomic E-state index is 12.0. The Morgan fingerprint density at radius 1 is 1.32 bits per heavy atom. The molecule has 28 heavy (non-hydrogen) atoms. The molecule has 1 aliphatic heterocycles. The van der Waals surface area contributed by atoms with Crippen molar-refractivity contribution in [3.05, 3.63) is 53.5 Å². The number of nitrogens with zero attached hydrogens (tertiary/aromatic N) is 4. The highest BCUT2D eigenvalue weighted by Crippen LogP contribution is 2.23. The first-order chi connectivity index (χ1) is 13.5.